The number of rotatable bonds is 4. The fraction of sp³-hybridized carbons (Fsp3) is 0.250. The molecule has 2 rings (SSSR count). The fourth-order valence-electron chi connectivity index (χ4n) is 1.97. The first-order valence-electron chi connectivity index (χ1n) is 6.66. The lowest BCUT2D eigenvalue weighted by atomic mass is 10.1. The number of likely N-dealkylation sites (N-methyl/N-ethyl adjacent to an activating group) is 1. The topological polar surface area (TPSA) is 38.1 Å². The van der Waals surface area contributed by atoms with E-state index >= 15 is 0 Å². The largest absolute Gasteiger partial charge is 0.335 e. The van der Waals surface area contributed by atoms with Gasteiger partial charge in [-0.25, -0.2) is 4.39 Å². The van der Waals surface area contributed by atoms with Gasteiger partial charge in [0.1, 0.15) is 5.82 Å². The molecule has 0 unspecified atom stereocenters. The quantitative estimate of drug-likeness (QED) is 0.811. The van der Waals surface area contributed by atoms with E-state index in [2.05, 4.69) is 5.10 Å². The molecule has 0 aliphatic carbocycles. The highest BCUT2D eigenvalue weighted by atomic mass is 19.1. The van der Waals surface area contributed by atoms with Crippen molar-refractivity contribution in [3.05, 3.63) is 59.7 Å². The Morgan fingerprint density at radius 2 is 2.05 bits per heavy atom. The summed E-state index contributed by atoms with van der Waals surface area (Å²) < 4.78 is 14.6. The van der Waals surface area contributed by atoms with Gasteiger partial charge in [0, 0.05) is 31.9 Å². The lowest BCUT2D eigenvalue weighted by Gasteiger charge is -2.24. The zero-order valence-corrected chi connectivity index (χ0v) is 12.3. The van der Waals surface area contributed by atoms with E-state index < -0.39 is 0 Å². The van der Waals surface area contributed by atoms with Gasteiger partial charge in [-0.1, -0.05) is 12.1 Å². The van der Waals surface area contributed by atoms with Crippen LogP contribution in [0.25, 0.3) is 6.08 Å². The summed E-state index contributed by atoms with van der Waals surface area (Å²) >= 11 is 0. The number of carbonyl (C=O) groups is 1. The van der Waals surface area contributed by atoms with Gasteiger partial charge in [0.2, 0.25) is 5.91 Å². The van der Waals surface area contributed by atoms with E-state index in [0.717, 1.165) is 11.1 Å². The molecule has 0 saturated carbocycles. The van der Waals surface area contributed by atoms with Crippen LogP contribution in [0.15, 0.2) is 42.7 Å². The van der Waals surface area contributed by atoms with E-state index in [9.17, 15) is 9.18 Å². The van der Waals surface area contributed by atoms with Crippen molar-refractivity contribution in [3.63, 3.8) is 0 Å². The third-order valence-corrected chi connectivity index (χ3v) is 3.42. The summed E-state index contributed by atoms with van der Waals surface area (Å²) in [4.78, 5) is 13.8. The number of hydrogen-bond donors (Lipinski definition) is 0. The smallest absolute Gasteiger partial charge is 0.246 e. The van der Waals surface area contributed by atoms with E-state index in [4.69, 9.17) is 0 Å². The van der Waals surface area contributed by atoms with Gasteiger partial charge in [-0.15, -0.1) is 0 Å². The Kier molecular flexibility index (Phi) is 4.52. The van der Waals surface area contributed by atoms with Gasteiger partial charge >= 0.3 is 0 Å². The van der Waals surface area contributed by atoms with Crippen LogP contribution in [0, 0.1) is 5.82 Å². The summed E-state index contributed by atoms with van der Waals surface area (Å²) in [5, 5.41) is 4.04. The third kappa shape index (κ3) is 3.78. The standard InChI is InChI=1S/C16H18FN3O/c1-12(14-5-7-15(17)8-6-14)20(3)16(21)9-4-13-10-18-19(2)11-13/h4-12H,1-3H3/b9-4+/t12-/m0/s1. The van der Waals surface area contributed by atoms with E-state index in [1.807, 2.05) is 20.2 Å². The van der Waals surface area contributed by atoms with Crippen molar-refractivity contribution in [1.29, 1.82) is 0 Å². The molecule has 0 radical (unpaired) electrons. The molecule has 0 saturated heterocycles. The molecule has 0 spiro atoms. The Morgan fingerprint density at radius 3 is 2.62 bits per heavy atom. The Morgan fingerprint density at radius 1 is 1.38 bits per heavy atom. The van der Waals surface area contributed by atoms with E-state index in [1.165, 1.54) is 18.2 Å². The van der Waals surface area contributed by atoms with E-state index in [1.54, 1.807) is 41.0 Å². The maximum Gasteiger partial charge on any atom is 0.246 e. The van der Waals surface area contributed by atoms with Gasteiger partial charge in [0.15, 0.2) is 0 Å². The Balaban J connectivity index is 2.04. The number of benzene rings is 1. The minimum atomic E-state index is -0.281. The number of carbonyl (C=O) groups excluding carboxylic acids is 1. The summed E-state index contributed by atoms with van der Waals surface area (Å²) in [5.74, 6) is -0.396. The number of amides is 1. The summed E-state index contributed by atoms with van der Waals surface area (Å²) in [6, 6.07) is 6.05. The maximum atomic E-state index is 12.9. The second kappa shape index (κ2) is 6.35. The first kappa shape index (κ1) is 15.0. The van der Waals surface area contributed by atoms with Gasteiger partial charge in [-0.3, -0.25) is 9.48 Å². The van der Waals surface area contributed by atoms with Gasteiger partial charge in [-0.05, 0) is 30.7 Å². The average molecular weight is 287 g/mol. The van der Waals surface area contributed by atoms with Crippen molar-refractivity contribution in [2.45, 2.75) is 13.0 Å². The number of halogens is 1. The third-order valence-electron chi connectivity index (χ3n) is 3.42. The molecule has 110 valence electrons. The van der Waals surface area contributed by atoms with Crippen molar-refractivity contribution in [1.82, 2.24) is 14.7 Å². The molecule has 0 aliphatic rings. The second-order valence-corrected chi connectivity index (χ2v) is 4.96. The zero-order chi connectivity index (χ0) is 15.4. The Hall–Kier alpha value is -2.43. The minimum absolute atomic E-state index is 0.115. The molecule has 4 nitrogen and oxygen atoms in total. The highest BCUT2D eigenvalue weighted by molar-refractivity contribution is 5.91. The first-order chi connectivity index (χ1) is 9.97. The average Bonchev–Trinajstić information content (AvgIpc) is 2.89. The van der Waals surface area contributed by atoms with Crippen LogP contribution in [0.1, 0.15) is 24.1 Å². The van der Waals surface area contributed by atoms with Crippen molar-refractivity contribution in [3.8, 4) is 0 Å². The predicted octanol–water partition coefficient (Wildman–Crippen LogP) is 2.79. The van der Waals surface area contributed by atoms with E-state index in [-0.39, 0.29) is 17.8 Å². The van der Waals surface area contributed by atoms with Crippen molar-refractivity contribution in [2.24, 2.45) is 7.05 Å². The van der Waals surface area contributed by atoms with Crippen LogP contribution in [0.2, 0.25) is 0 Å². The van der Waals surface area contributed by atoms with Gasteiger partial charge < -0.3 is 4.90 Å². The predicted molar refractivity (Wildman–Crippen MR) is 79.8 cm³/mol. The molecule has 21 heavy (non-hydrogen) atoms. The molecule has 0 fully saturated rings. The molecule has 1 aromatic heterocycles. The normalized spacial score (nSPS) is 12.6. The second-order valence-electron chi connectivity index (χ2n) is 4.96. The molecule has 0 N–H and O–H groups in total. The van der Waals surface area contributed by atoms with Crippen LogP contribution in [-0.2, 0) is 11.8 Å². The first-order valence-corrected chi connectivity index (χ1v) is 6.66. The highest BCUT2D eigenvalue weighted by Crippen LogP contribution is 2.19. The molecular formula is C16H18FN3O. The van der Waals surface area contributed by atoms with Crippen LogP contribution >= 0.6 is 0 Å². The van der Waals surface area contributed by atoms with Crippen molar-refractivity contribution < 1.29 is 9.18 Å². The maximum absolute atomic E-state index is 12.9. The molecule has 1 amide bonds. The molecule has 5 heteroatoms. The minimum Gasteiger partial charge on any atom is -0.335 e. The highest BCUT2D eigenvalue weighted by Gasteiger charge is 2.15. The number of nitrogens with zero attached hydrogens (tertiary/aromatic N) is 3. The molecule has 0 aliphatic heterocycles. The Bertz CT molecular complexity index is 646. The van der Waals surface area contributed by atoms with Crippen LogP contribution in [0.4, 0.5) is 4.39 Å². The molecule has 1 aromatic carbocycles. The van der Waals surface area contributed by atoms with Crippen LogP contribution in [0.5, 0.6) is 0 Å². The lowest BCUT2D eigenvalue weighted by Crippen LogP contribution is -2.27. The van der Waals surface area contributed by atoms with Gasteiger partial charge in [-0.2, -0.15) is 5.10 Å². The summed E-state index contributed by atoms with van der Waals surface area (Å²) in [5.41, 5.74) is 1.76. The van der Waals surface area contributed by atoms with Gasteiger partial charge in [0.05, 0.1) is 12.2 Å². The SMILES string of the molecule is C[C@@H](c1ccc(F)cc1)N(C)C(=O)/C=C/c1cnn(C)c1. The Labute approximate surface area is 123 Å². The number of aryl methyl sites for hydroxylation is 1. The summed E-state index contributed by atoms with van der Waals surface area (Å²) in [6.45, 7) is 1.91. The van der Waals surface area contributed by atoms with Crippen LogP contribution < -0.4 is 0 Å². The lowest BCUT2D eigenvalue weighted by molar-refractivity contribution is -0.126. The number of hydrogen-bond acceptors (Lipinski definition) is 2. The molecule has 1 atom stereocenters. The van der Waals surface area contributed by atoms with Crippen molar-refractivity contribution >= 4 is 12.0 Å². The summed E-state index contributed by atoms with van der Waals surface area (Å²) in [6.07, 6.45) is 6.75. The monoisotopic (exact) mass is 287 g/mol. The molecule has 2 aromatic rings. The molecule has 0 bridgehead atoms. The molecular weight excluding hydrogens is 269 g/mol. The van der Waals surface area contributed by atoms with Crippen molar-refractivity contribution in [2.75, 3.05) is 7.05 Å². The van der Waals surface area contributed by atoms with Crippen LogP contribution in [-0.4, -0.2) is 27.6 Å². The fourth-order valence-corrected chi connectivity index (χ4v) is 1.97. The van der Waals surface area contributed by atoms with E-state index in [0.29, 0.717) is 0 Å². The van der Waals surface area contributed by atoms with Gasteiger partial charge in [0.25, 0.3) is 0 Å². The van der Waals surface area contributed by atoms with Crippen LogP contribution in [0.3, 0.4) is 0 Å². The number of aromatic nitrogens is 2. The summed E-state index contributed by atoms with van der Waals surface area (Å²) in [7, 11) is 3.55. The zero-order valence-electron chi connectivity index (χ0n) is 12.3. The molecule has 1 heterocycles.